The summed E-state index contributed by atoms with van der Waals surface area (Å²) in [6.45, 7) is 6.20. The number of carbonyl (C=O) groups is 1. The fourth-order valence-corrected chi connectivity index (χ4v) is 4.47. The molecule has 3 heterocycles. The number of aryl methyl sites for hydroxylation is 2. The predicted octanol–water partition coefficient (Wildman–Crippen LogP) is 5.01. The third kappa shape index (κ3) is 4.40. The van der Waals surface area contributed by atoms with Crippen molar-refractivity contribution in [1.82, 2.24) is 10.1 Å². The molecule has 1 atom stereocenters. The van der Waals surface area contributed by atoms with Crippen LogP contribution in [-0.4, -0.2) is 35.7 Å². The Morgan fingerprint density at radius 2 is 1.85 bits per heavy atom. The number of amides is 1. The largest absolute Gasteiger partial charge is 0.490 e. The van der Waals surface area contributed by atoms with Crippen LogP contribution in [-0.2, 0) is 6.61 Å². The minimum Gasteiger partial charge on any atom is -0.490 e. The fourth-order valence-electron chi connectivity index (χ4n) is 4.47. The van der Waals surface area contributed by atoms with Crippen LogP contribution >= 0.6 is 0 Å². The molecule has 0 spiro atoms. The van der Waals surface area contributed by atoms with E-state index in [-0.39, 0.29) is 11.9 Å². The highest BCUT2D eigenvalue weighted by atomic mass is 16.5. The summed E-state index contributed by atoms with van der Waals surface area (Å²) >= 11 is 0. The highest BCUT2D eigenvalue weighted by molar-refractivity contribution is 5.94. The normalized spacial score (nSPS) is 17.6. The van der Waals surface area contributed by atoms with Gasteiger partial charge in [-0.1, -0.05) is 11.2 Å². The molecule has 2 aliphatic heterocycles. The number of rotatable bonds is 5. The molecular formula is C26H28N2O5. The van der Waals surface area contributed by atoms with Gasteiger partial charge in [0.1, 0.15) is 18.1 Å². The van der Waals surface area contributed by atoms with E-state index in [1.165, 1.54) is 0 Å². The lowest BCUT2D eigenvalue weighted by molar-refractivity contribution is 0.0735. The Balaban J connectivity index is 1.28. The Hall–Kier alpha value is -3.48. The third-order valence-corrected chi connectivity index (χ3v) is 6.34. The second-order valence-corrected chi connectivity index (χ2v) is 8.53. The topological polar surface area (TPSA) is 74.0 Å². The second-order valence-electron chi connectivity index (χ2n) is 8.53. The molecule has 0 bridgehead atoms. The Labute approximate surface area is 193 Å². The summed E-state index contributed by atoms with van der Waals surface area (Å²) in [6.07, 6.45) is 2.78. The molecule has 0 N–H and O–H groups in total. The Bertz CT molecular complexity index is 1120. The number of carbonyl (C=O) groups excluding carboxylic acids is 1. The Morgan fingerprint density at radius 3 is 2.61 bits per heavy atom. The van der Waals surface area contributed by atoms with Gasteiger partial charge in [-0.15, -0.1) is 0 Å². The summed E-state index contributed by atoms with van der Waals surface area (Å²) < 4.78 is 22.7. The van der Waals surface area contributed by atoms with Crippen molar-refractivity contribution in [3.63, 3.8) is 0 Å². The standard InChI is InChI=1S/C26H28N2O5/c1-17-22(18(2)33-27-17)16-32-21-9-6-19(7-10-21)26(29)28-12-3-5-23(28)20-8-11-24-25(15-20)31-14-4-13-30-24/h6-11,15,23H,3-5,12-14,16H2,1-2H3/t23-/m1/s1. The first-order chi connectivity index (χ1) is 16.1. The van der Waals surface area contributed by atoms with Crippen molar-refractivity contribution in [2.45, 2.75) is 45.8 Å². The van der Waals surface area contributed by atoms with Gasteiger partial charge in [0.2, 0.25) is 0 Å². The number of likely N-dealkylation sites (tertiary alicyclic amines) is 1. The monoisotopic (exact) mass is 448 g/mol. The lowest BCUT2D eigenvalue weighted by Gasteiger charge is -2.26. The Morgan fingerprint density at radius 1 is 1.06 bits per heavy atom. The average Bonchev–Trinajstić information content (AvgIpc) is 3.36. The first-order valence-corrected chi connectivity index (χ1v) is 11.5. The van der Waals surface area contributed by atoms with E-state index < -0.39 is 0 Å². The summed E-state index contributed by atoms with van der Waals surface area (Å²) in [5.41, 5.74) is 3.52. The molecule has 7 nitrogen and oxygen atoms in total. The first-order valence-electron chi connectivity index (χ1n) is 11.5. The van der Waals surface area contributed by atoms with Gasteiger partial charge in [0.25, 0.3) is 5.91 Å². The summed E-state index contributed by atoms with van der Waals surface area (Å²) in [5.74, 6) is 3.03. The van der Waals surface area contributed by atoms with Gasteiger partial charge in [0, 0.05) is 18.5 Å². The van der Waals surface area contributed by atoms with Crippen molar-refractivity contribution in [2.24, 2.45) is 0 Å². The van der Waals surface area contributed by atoms with Gasteiger partial charge in [0.05, 0.1) is 30.5 Å². The zero-order chi connectivity index (χ0) is 22.8. The highest BCUT2D eigenvalue weighted by Crippen LogP contribution is 2.38. The average molecular weight is 449 g/mol. The number of benzene rings is 2. The molecule has 0 aliphatic carbocycles. The quantitative estimate of drug-likeness (QED) is 0.546. The number of nitrogens with zero attached hydrogens (tertiary/aromatic N) is 2. The van der Waals surface area contributed by atoms with Crippen LogP contribution in [0.1, 0.15) is 58.2 Å². The molecule has 1 fully saturated rings. The number of hydrogen-bond donors (Lipinski definition) is 0. The van der Waals surface area contributed by atoms with Crippen molar-refractivity contribution in [2.75, 3.05) is 19.8 Å². The molecule has 0 radical (unpaired) electrons. The zero-order valence-electron chi connectivity index (χ0n) is 19.0. The van der Waals surface area contributed by atoms with Gasteiger partial charge >= 0.3 is 0 Å². The van der Waals surface area contributed by atoms with E-state index in [9.17, 15) is 4.79 Å². The summed E-state index contributed by atoms with van der Waals surface area (Å²) in [7, 11) is 0. The fraction of sp³-hybridized carbons (Fsp3) is 0.385. The van der Waals surface area contributed by atoms with Crippen molar-refractivity contribution < 1.29 is 23.5 Å². The first kappa shape index (κ1) is 21.4. The van der Waals surface area contributed by atoms with Crippen LogP contribution in [0.3, 0.4) is 0 Å². The molecule has 0 unspecified atom stereocenters. The number of fused-ring (bicyclic) bond motifs is 1. The van der Waals surface area contributed by atoms with Crippen LogP contribution < -0.4 is 14.2 Å². The van der Waals surface area contributed by atoms with E-state index >= 15 is 0 Å². The van der Waals surface area contributed by atoms with E-state index in [4.69, 9.17) is 18.7 Å². The van der Waals surface area contributed by atoms with Crippen LogP contribution in [0.15, 0.2) is 47.0 Å². The maximum absolute atomic E-state index is 13.3. The molecule has 0 saturated carbocycles. The van der Waals surface area contributed by atoms with Gasteiger partial charge < -0.3 is 23.6 Å². The molecule has 1 amide bonds. The summed E-state index contributed by atoms with van der Waals surface area (Å²) in [4.78, 5) is 15.3. The van der Waals surface area contributed by atoms with Crippen LogP contribution in [0, 0.1) is 13.8 Å². The van der Waals surface area contributed by atoms with E-state index in [2.05, 4.69) is 11.2 Å². The van der Waals surface area contributed by atoms with E-state index in [0.717, 1.165) is 59.9 Å². The summed E-state index contributed by atoms with van der Waals surface area (Å²) in [6, 6.07) is 13.4. The molecule has 1 saturated heterocycles. The predicted molar refractivity (Wildman–Crippen MR) is 122 cm³/mol. The molecule has 7 heteroatoms. The molecule has 1 aromatic heterocycles. The van der Waals surface area contributed by atoms with Gasteiger partial charge in [-0.2, -0.15) is 0 Å². The van der Waals surface area contributed by atoms with Crippen molar-refractivity contribution in [3.05, 3.63) is 70.6 Å². The van der Waals surface area contributed by atoms with Gasteiger partial charge in [0.15, 0.2) is 11.5 Å². The van der Waals surface area contributed by atoms with Gasteiger partial charge in [-0.3, -0.25) is 4.79 Å². The second kappa shape index (κ2) is 9.17. The molecule has 33 heavy (non-hydrogen) atoms. The van der Waals surface area contributed by atoms with Crippen LogP contribution in [0.5, 0.6) is 17.2 Å². The third-order valence-electron chi connectivity index (χ3n) is 6.34. The molecule has 3 aromatic rings. The lowest BCUT2D eigenvalue weighted by Crippen LogP contribution is -2.30. The van der Waals surface area contributed by atoms with Crippen molar-refractivity contribution >= 4 is 5.91 Å². The maximum Gasteiger partial charge on any atom is 0.254 e. The minimum atomic E-state index is 0.0295. The van der Waals surface area contributed by atoms with E-state index in [1.54, 1.807) is 0 Å². The summed E-state index contributed by atoms with van der Waals surface area (Å²) in [5, 5.41) is 3.95. The van der Waals surface area contributed by atoms with E-state index in [1.807, 2.05) is 55.1 Å². The SMILES string of the molecule is Cc1noc(C)c1COc1ccc(C(=O)N2CCC[C@@H]2c2ccc3c(c2)OCCCO3)cc1. The van der Waals surface area contributed by atoms with E-state index in [0.29, 0.717) is 31.1 Å². The van der Waals surface area contributed by atoms with Gasteiger partial charge in [-0.25, -0.2) is 0 Å². The van der Waals surface area contributed by atoms with Gasteiger partial charge in [-0.05, 0) is 68.7 Å². The molecule has 172 valence electrons. The lowest BCUT2D eigenvalue weighted by atomic mass is 10.0. The minimum absolute atomic E-state index is 0.0295. The van der Waals surface area contributed by atoms with Crippen molar-refractivity contribution in [3.8, 4) is 17.2 Å². The maximum atomic E-state index is 13.3. The van der Waals surface area contributed by atoms with Crippen LogP contribution in [0.2, 0.25) is 0 Å². The highest BCUT2D eigenvalue weighted by Gasteiger charge is 2.31. The molecule has 2 aromatic carbocycles. The van der Waals surface area contributed by atoms with Crippen molar-refractivity contribution in [1.29, 1.82) is 0 Å². The molecule has 5 rings (SSSR count). The number of aromatic nitrogens is 1. The molecule has 2 aliphatic rings. The van der Waals surface area contributed by atoms with Crippen LogP contribution in [0.4, 0.5) is 0 Å². The smallest absolute Gasteiger partial charge is 0.254 e. The van der Waals surface area contributed by atoms with Crippen LogP contribution in [0.25, 0.3) is 0 Å². The zero-order valence-corrected chi connectivity index (χ0v) is 19.0. The molecular weight excluding hydrogens is 420 g/mol. The Kier molecular flexibility index (Phi) is 5.94. The number of ether oxygens (including phenoxy) is 3. The number of hydrogen-bond acceptors (Lipinski definition) is 6.